The van der Waals surface area contributed by atoms with E-state index in [9.17, 15) is 0 Å². The van der Waals surface area contributed by atoms with E-state index in [1.807, 2.05) is 0 Å². The quantitative estimate of drug-likeness (QED) is 0.631. The van der Waals surface area contributed by atoms with Gasteiger partial charge in [-0.25, -0.2) is 0 Å². The number of pyridine rings is 1. The smallest absolute Gasteiger partial charge is 0.0382 e. The van der Waals surface area contributed by atoms with Gasteiger partial charge in [-0.05, 0) is 55.5 Å². The molecule has 2 aromatic rings. The van der Waals surface area contributed by atoms with Gasteiger partial charge in [0.05, 0.1) is 0 Å². The van der Waals surface area contributed by atoms with Gasteiger partial charge in [0, 0.05) is 11.4 Å². The molecule has 1 nitrogen and oxygen atoms in total. The summed E-state index contributed by atoms with van der Waals surface area (Å²) in [5, 5.41) is 0. The van der Waals surface area contributed by atoms with Gasteiger partial charge in [0.1, 0.15) is 0 Å². The summed E-state index contributed by atoms with van der Waals surface area (Å²) in [6.07, 6.45) is 6.52. The number of rotatable bonds is 6. The summed E-state index contributed by atoms with van der Waals surface area (Å²) in [7, 11) is 0. The first-order valence-corrected chi connectivity index (χ1v) is 7.73. The van der Waals surface area contributed by atoms with Gasteiger partial charge in [-0.1, -0.05) is 50.5 Å². The highest BCUT2D eigenvalue weighted by molar-refractivity contribution is 5.64. The number of aromatic nitrogens is 1. The lowest BCUT2D eigenvalue weighted by Gasteiger charge is -2.06. The predicted molar refractivity (Wildman–Crippen MR) is 87.0 cm³/mol. The molecule has 0 fully saturated rings. The second kappa shape index (κ2) is 7.23. The van der Waals surface area contributed by atoms with Crippen LogP contribution in [0.4, 0.5) is 0 Å². The highest BCUT2D eigenvalue weighted by Gasteiger charge is 2.01. The van der Waals surface area contributed by atoms with E-state index in [4.69, 9.17) is 0 Å². The molecule has 0 aliphatic heterocycles. The lowest BCUT2D eigenvalue weighted by molar-refractivity contribution is 0.667. The van der Waals surface area contributed by atoms with Crippen LogP contribution in [0.5, 0.6) is 0 Å². The summed E-state index contributed by atoms with van der Waals surface area (Å²) in [4.78, 5) is 4.44. The van der Waals surface area contributed by atoms with Crippen LogP contribution in [0.1, 0.15) is 49.6 Å². The molecule has 1 aromatic carbocycles. The molecule has 1 heteroatoms. The summed E-state index contributed by atoms with van der Waals surface area (Å²) in [5.74, 6) is 0. The minimum absolute atomic E-state index is 1.09. The highest BCUT2D eigenvalue weighted by Crippen LogP contribution is 2.22. The second-order valence-electron chi connectivity index (χ2n) is 5.65. The summed E-state index contributed by atoms with van der Waals surface area (Å²) in [6, 6.07) is 13.3. The van der Waals surface area contributed by atoms with Crippen molar-refractivity contribution in [2.75, 3.05) is 0 Å². The lowest BCUT2D eigenvalue weighted by atomic mass is 10.0. The van der Waals surface area contributed by atoms with Crippen molar-refractivity contribution >= 4 is 0 Å². The summed E-state index contributed by atoms with van der Waals surface area (Å²) >= 11 is 0. The fourth-order valence-corrected chi connectivity index (χ4v) is 2.62. The van der Waals surface area contributed by atoms with E-state index >= 15 is 0 Å². The van der Waals surface area contributed by atoms with Gasteiger partial charge in [-0.15, -0.1) is 0 Å². The zero-order valence-corrected chi connectivity index (χ0v) is 12.9. The molecule has 2 rings (SSSR count). The number of unbranched alkanes of at least 4 members (excludes halogenated alkanes) is 3. The van der Waals surface area contributed by atoms with Gasteiger partial charge in [-0.2, -0.15) is 0 Å². The molecule has 0 aliphatic carbocycles. The van der Waals surface area contributed by atoms with Crippen LogP contribution >= 0.6 is 0 Å². The van der Waals surface area contributed by atoms with Crippen LogP contribution in [0.3, 0.4) is 0 Å². The Morgan fingerprint density at radius 3 is 2.05 bits per heavy atom. The van der Waals surface area contributed by atoms with Crippen molar-refractivity contribution in [1.82, 2.24) is 4.98 Å². The molecule has 106 valence electrons. The van der Waals surface area contributed by atoms with Crippen LogP contribution in [0, 0.1) is 13.8 Å². The Labute approximate surface area is 123 Å². The van der Waals surface area contributed by atoms with Crippen molar-refractivity contribution < 1.29 is 0 Å². The molecule has 0 saturated heterocycles. The first-order chi connectivity index (χ1) is 9.69. The summed E-state index contributed by atoms with van der Waals surface area (Å²) in [5.41, 5.74) is 6.18. The van der Waals surface area contributed by atoms with Gasteiger partial charge < -0.3 is 0 Å². The summed E-state index contributed by atoms with van der Waals surface area (Å²) < 4.78 is 0. The third kappa shape index (κ3) is 4.19. The Kier molecular flexibility index (Phi) is 5.34. The Morgan fingerprint density at radius 1 is 0.800 bits per heavy atom. The molecule has 0 spiro atoms. The Hall–Kier alpha value is -1.63. The fourth-order valence-electron chi connectivity index (χ4n) is 2.62. The monoisotopic (exact) mass is 267 g/mol. The maximum absolute atomic E-state index is 4.44. The van der Waals surface area contributed by atoms with E-state index < -0.39 is 0 Å². The first-order valence-electron chi connectivity index (χ1n) is 7.73. The minimum Gasteiger partial charge on any atom is -0.258 e. The molecule has 0 N–H and O–H groups in total. The fraction of sp³-hybridized carbons (Fsp3) is 0.421. The molecule has 0 radical (unpaired) electrons. The lowest BCUT2D eigenvalue weighted by Crippen LogP contribution is -1.89. The average Bonchev–Trinajstić information content (AvgIpc) is 2.43. The highest BCUT2D eigenvalue weighted by atomic mass is 14.7. The molecule has 0 amide bonds. The van der Waals surface area contributed by atoms with Crippen LogP contribution in [-0.4, -0.2) is 4.98 Å². The van der Waals surface area contributed by atoms with Gasteiger partial charge in [0.2, 0.25) is 0 Å². The molecule has 0 unspecified atom stereocenters. The maximum Gasteiger partial charge on any atom is 0.0382 e. The van der Waals surface area contributed by atoms with Crippen LogP contribution < -0.4 is 0 Å². The Balaban J connectivity index is 2.04. The average molecular weight is 267 g/mol. The molecule has 0 bridgehead atoms. The van der Waals surface area contributed by atoms with Crippen molar-refractivity contribution in [1.29, 1.82) is 0 Å². The van der Waals surface area contributed by atoms with E-state index in [0.717, 1.165) is 11.4 Å². The largest absolute Gasteiger partial charge is 0.258 e. The topological polar surface area (TPSA) is 12.9 Å². The van der Waals surface area contributed by atoms with E-state index in [1.165, 1.54) is 48.8 Å². The third-order valence-electron chi connectivity index (χ3n) is 3.69. The first kappa shape index (κ1) is 14.8. The number of hydrogen-bond acceptors (Lipinski definition) is 1. The number of aryl methyl sites for hydroxylation is 3. The SMILES string of the molecule is CCCCCCc1ccc(-c2cc(C)nc(C)c2)cc1. The molecular weight excluding hydrogens is 242 g/mol. The number of benzene rings is 1. The molecule has 0 saturated carbocycles. The predicted octanol–water partition coefficient (Wildman–Crippen LogP) is 5.49. The summed E-state index contributed by atoms with van der Waals surface area (Å²) in [6.45, 7) is 6.37. The molecule has 20 heavy (non-hydrogen) atoms. The standard InChI is InChI=1S/C19H25N/c1-4-5-6-7-8-17-9-11-18(12-10-17)19-13-15(2)20-16(3)14-19/h9-14H,4-8H2,1-3H3. The minimum atomic E-state index is 1.09. The van der Waals surface area contributed by atoms with Gasteiger partial charge >= 0.3 is 0 Å². The zero-order chi connectivity index (χ0) is 14.4. The van der Waals surface area contributed by atoms with Crippen LogP contribution in [0.15, 0.2) is 36.4 Å². The van der Waals surface area contributed by atoms with Crippen LogP contribution in [0.2, 0.25) is 0 Å². The number of hydrogen-bond donors (Lipinski definition) is 0. The van der Waals surface area contributed by atoms with Crippen molar-refractivity contribution in [2.45, 2.75) is 52.9 Å². The van der Waals surface area contributed by atoms with Crippen LogP contribution in [0.25, 0.3) is 11.1 Å². The Bertz CT molecular complexity index is 520. The van der Waals surface area contributed by atoms with Gasteiger partial charge in [-0.3, -0.25) is 4.98 Å². The molecular formula is C19H25N. The van der Waals surface area contributed by atoms with E-state index in [-0.39, 0.29) is 0 Å². The third-order valence-corrected chi connectivity index (χ3v) is 3.69. The number of nitrogens with zero attached hydrogens (tertiary/aromatic N) is 1. The normalized spacial score (nSPS) is 10.8. The van der Waals surface area contributed by atoms with Gasteiger partial charge in [0.15, 0.2) is 0 Å². The molecule has 1 aromatic heterocycles. The Morgan fingerprint density at radius 2 is 1.45 bits per heavy atom. The van der Waals surface area contributed by atoms with Gasteiger partial charge in [0.25, 0.3) is 0 Å². The van der Waals surface area contributed by atoms with E-state index in [2.05, 4.69) is 62.2 Å². The molecule has 0 atom stereocenters. The molecule has 1 heterocycles. The van der Waals surface area contributed by atoms with E-state index in [1.54, 1.807) is 0 Å². The van der Waals surface area contributed by atoms with Crippen LogP contribution in [-0.2, 0) is 6.42 Å². The maximum atomic E-state index is 4.44. The zero-order valence-electron chi connectivity index (χ0n) is 12.9. The van der Waals surface area contributed by atoms with Crippen molar-refractivity contribution in [3.63, 3.8) is 0 Å². The van der Waals surface area contributed by atoms with Crippen molar-refractivity contribution in [3.05, 3.63) is 53.3 Å². The second-order valence-corrected chi connectivity index (χ2v) is 5.65. The van der Waals surface area contributed by atoms with Crippen molar-refractivity contribution in [3.8, 4) is 11.1 Å². The van der Waals surface area contributed by atoms with E-state index in [0.29, 0.717) is 0 Å². The van der Waals surface area contributed by atoms with Crippen molar-refractivity contribution in [2.24, 2.45) is 0 Å². The molecule has 0 aliphatic rings.